The average molecular weight is 222 g/mol. The van der Waals surface area contributed by atoms with Crippen molar-refractivity contribution in [2.45, 2.75) is 19.8 Å². The highest BCUT2D eigenvalue weighted by Crippen LogP contribution is 2.35. The fourth-order valence-electron chi connectivity index (χ4n) is 1.79. The van der Waals surface area contributed by atoms with Crippen LogP contribution in [0, 0.1) is 0 Å². The van der Waals surface area contributed by atoms with Gasteiger partial charge in [0.05, 0.1) is 18.8 Å². The van der Waals surface area contributed by atoms with E-state index in [4.69, 9.17) is 9.47 Å². The molecule has 2 rings (SSSR count). The lowest BCUT2D eigenvalue weighted by Crippen LogP contribution is -2.11. The third kappa shape index (κ3) is 1.96. The van der Waals surface area contributed by atoms with Crippen molar-refractivity contribution < 1.29 is 19.4 Å². The number of hydrogen-bond acceptors (Lipinski definition) is 4. The predicted molar refractivity (Wildman–Crippen MR) is 57.9 cm³/mol. The monoisotopic (exact) mass is 222 g/mol. The fraction of sp³-hybridized carbons (Fsp3) is 0.417. The van der Waals surface area contributed by atoms with Gasteiger partial charge in [-0.1, -0.05) is 0 Å². The standard InChI is InChI=1S/C12H14O4/c1-2-15-12(14)9-6-8-4-3-5-16-11(8)10(13)7-9/h6-7,13H,2-5H2,1H3. The summed E-state index contributed by atoms with van der Waals surface area (Å²) in [4.78, 5) is 11.5. The molecule has 0 spiro atoms. The van der Waals surface area contributed by atoms with Crippen LogP contribution in [-0.4, -0.2) is 24.3 Å². The largest absolute Gasteiger partial charge is 0.504 e. The number of carbonyl (C=O) groups excluding carboxylic acids is 1. The van der Waals surface area contributed by atoms with Gasteiger partial charge in [-0.25, -0.2) is 4.79 Å². The quantitative estimate of drug-likeness (QED) is 0.776. The summed E-state index contributed by atoms with van der Waals surface area (Å²) in [5.74, 6) is 0.103. The molecule has 0 atom stereocenters. The van der Waals surface area contributed by atoms with Crippen LogP contribution in [0.4, 0.5) is 0 Å². The number of aryl methyl sites for hydroxylation is 1. The first kappa shape index (κ1) is 10.8. The Hall–Kier alpha value is -1.71. The first-order valence-corrected chi connectivity index (χ1v) is 5.38. The van der Waals surface area contributed by atoms with E-state index in [1.807, 2.05) is 0 Å². The molecule has 0 fully saturated rings. The number of aromatic hydroxyl groups is 1. The van der Waals surface area contributed by atoms with Gasteiger partial charge in [0.1, 0.15) is 0 Å². The molecule has 1 aliphatic heterocycles. The summed E-state index contributed by atoms with van der Waals surface area (Å²) in [5.41, 5.74) is 1.25. The van der Waals surface area contributed by atoms with Crippen molar-refractivity contribution in [3.05, 3.63) is 23.3 Å². The molecule has 0 unspecified atom stereocenters. The van der Waals surface area contributed by atoms with Crippen molar-refractivity contribution in [2.24, 2.45) is 0 Å². The Kier molecular flexibility index (Phi) is 2.99. The fourth-order valence-corrected chi connectivity index (χ4v) is 1.79. The van der Waals surface area contributed by atoms with Crippen molar-refractivity contribution in [3.8, 4) is 11.5 Å². The molecule has 1 aromatic rings. The molecule has 0 radical (unpaired) electrons. The van der Waals surface area contributed by atoms with Gasteiger partial charge in [-0.15, -0.1) is 0 Å². The Morgan fingerprint density at radius 3 is 3.12 bits per heavy atom. The number of benzene rings is 1. The van der Waals surface area contributed by atoms with E-state index in [1.165, 1.54) is 6.07 Å². The highest BCUT2D eigenvalue weighted by Gasteiger charge is 2.18. The van der Waals surface area contributed by atoms with E-state index in [-0.39, 0.29) is 5.75 Å². The van der Waals surface area contributed by atoms with Crippen molar-refractivity contribution >= 4 is 5.97 Å². The van der Waals surface area contributed by atoms with Crippen LogP contribution in [0.15, 0.2) is 12.1 Å². The third-order valence-corrected chi connectivity index (χ3v) is 2.49. The van der Waals surface area contributed by atoms with Crippen molar-refractivity contribution in [1.29, 1.82) is 0 Å². The number of hydrogen-bond donors (Lipinski definition) is 1. The van der Waals surface area contributed by atoms with Gasteiger partial charge >= 0.3 is 5.97 Å². The number of fused-ring (bicyclic) bond motifs is 1. The van der Waals surface area contributed by atoms with Crippen LogP contribution in [0.2, 0.25) is 0 Å². The molecule has 16 heavy (non-hydrogen) atoms. The molecule has 0 amide bonds. The first-order chi connectivity index (χ1) is 7.72. The van der Waals surface area contributed by atoms with Crippen molar-refractivity contribution in [3.63, 3.8) is 0 Å². The lowest BCUT2D eigenvalue weighted by molar-refractivity contribution is 0.0525. The minimum absolute atomic E-state index is 0.0141. The molecule has 4 heteroatoms. The van der Waals surface area contributed by atoms with Gasteiger partial charge in [0.15, 0.2) is 11.5 Å². The lowest BCUT2D eigenvalue weighted by atomic mass is 10.0. The van der Waals surface area contributed by atoms with Crippen LogP contribution < -0.4 is 4.74 Å². The topological polar surface area (TPSA) is 55.8 Å². The number of phenols is 1. The number of ether oxygens (including phenoxy) is 2. The highest BCUT2D eigenvalue weighted by atomic mass is 16.5. The number of rotatable bonds is 2. The van der Waals surface area contributed by atoms with E-state index in [2.05, 4.69) is 0 Å². The molecule has 1 heterocycles. The van der Waals surface area contributed by atoms with Crippen LogP contribution in [-0.2, 0) is 11.2 Å². The number of esters is 1. The molecule has 1 aromatic carbocycles. The number of carbonyl (C=O) groups is 1. The molecular formula is C12H14O4. The molecule has 0 bridgehead atoms. The van der Waals surface area contributed by atoms with Gasteiger partial charge in [-0.05, 0) is 37.5 Å². The maximum Gasteiger partial charge on any atom is 0.338 e. The maximum absolute atomic E-state index is 11.5. The zero-order valence-electron chi connectivity index (χ0n) is 9.16. The van der Waals surface area contributed by atoms with E-state index in [9.17, 15) is 9.90 Å². The number of phenolic OH excluding ortho intramolecular Hbond substituents is 1. The summed E-state index contributed by atoms with van der Waals surface area (Å²) in [6, 6.07) is 3.12. The molecule has 1 aliphatic rings. The maximum atomic E-state index is 11.5. The average Bonchev–Trinajstić information content (AvgIpc) is 2.29. The second-order valence-corrected chi connectivity index (χ2v) is 3.66. The van der Waals surface area contributed by atoms with Gasteiger partial charge < -0.3 is 14.6 Å². The van der Waals surface area contributed by atoms with Crippen LogP contribution in [0.1, 0.15) is 29.3 Å². The minimum Gasteiger partial charge on any atom is -0.504 e. The smallest absolute Gasteiger partial charge is 0.338 e. The second kappa shape index (κ2) is 4.43. The van der Waals surface area contributed by atoms with E-state index < -0.39 is 5.97 Å². The Bertz CT molecular complexity index is 412. The zero-order chi connectivity index (χ0) is 11.5. The Labute approximate surface area is 93.8 Å². The van der Waals surface area contributed by atoms with Gasteiger partial charge in [0.25, 0.3) is 0 Å². The molecule has 0 aromatic heterocycles. The van der Waals surface area contributed by atoms with Gasteiger partial charge in [0, 0.05) is 0 Å². The summed E-state index contributed by atoms with van der Waals surface area (Å²) < 4.78 is 10.2. The molecule has 86 valence electrons. The van der Waals surface area contributed by atoms with Crippen LogP contribution >= 0.6 is 0 Å². The first-order valence-electron chi connectivity index (χ1n) is 5.38. The SMILES string of the molecule is CCOC(=O)c1cc(O)c2c(c1)CCCO2. The normalized spacial score (nSPS) is 13.8. The van der Waals surface area contributed by atoms with E-state index in [0.29, 0.717) is 24.5 Å². The lowest BCUT2D eigenvalue weighted by Gasteiger charge is -2.18. The summed E-state index contributed by atoms with van der Waals surface area (Å²) in [7, 11) is 0. The summed E-state index contributed by atoms with van der Waals surface area (Å²) >= 11 is 0. The minimum atomic E-state index is -0.411. The van der Waals surface area contributed by atoms with Gasteiger partial charge in [0.2, 0.25) is 0 Å². The van der Waals surface area contributed by atoms with E-state index in [1.54, 1.807) is 13.0 Å². The Morgan fingerprint density at radius 1 is 1.56 bits per heavy atom. The Morgan fingerprint density at radius 2 is 2.38 bits per heavy atom. The predicted octanol–water partition coefficient (Wildman–Crippen LogP) is 1.89. The molecule has 0 saturated heterocycles. The zero-order valence-corrected chi connectivity index (χ0v) is 9.16. The van der Waals surface area contributed by atoms with Crippen molar-refractivity contribution in [1.82, 2.24) is 0 Å². The van der Waals surface area contributed by atoms with Crippen LogP contribution in [0.3, 0.4) is 0 Å². The van der Waals surface area contributed by atoms with E-state index in [0.717, 1.165) is 18.4 Å². The molecule has 1 N–H and O–H groups in total. The molecule has 0 saturated carbocycles. The van der Waals surface area contributed by atoms with Crippen molar-refractivity contribution in [2.75, 3.05) is 13.2 Å². The summed E-state index contributed by atoms with van der Waals surface area (Å²) in [5, 5.41) is 9.72. The molecule has 0 aliphatic carbocycles. The highest BCUT2D eigenvalue weighted by molar-refractivity contribution is 5.90. The van der Waals surface area contributed by atoms with Crippen LogP contribution in [0.5, 0.6) is 11.5 Å². The van der Waals surface area contributed by atoms with Gasteiger partial charge in [-0.2, -0.15) is 0 Å². The molecule has 4 nitrogen and oxygen atoms in total. The van der Waals surface area contributed by atoms with E-state index >= 15 is 0 Å². The Balaban J connectivity index is 2.35. The van der Waals surface area contributed by atoms with Crippen LogP contribution in [0.25, 0.3) is 0 Å². The second-order valence-electron chi connectivity index (χ2n) is 3.66. The summed E-state index contributed by atoms with van der Waals surface area (Å²) in [6.45, 7) is 2.69. The summed E-state index contributed by atoms with van der Waals surface area (Å²) in [6.07, 6.45) is 1.72. The third-order valence-electron chi connectivity index (χ3n) is 2.49. The molecular weight excluding hydrogens is 208 g/mol. The van der Waals surface area contributed by atoms with Gasteiger partial charge in [-0.3, -0.25) is 0 Å².